The summed E-state index contributed by atoms with van der Waals surface area (Å²) in [6, 6.07) is 38.3. The predicted octanol–water partition coefficient (Wildman–Crippen LogP) is 5.77. The van der Waals surface area contributed by atoms with Crippen molar-refractivity contribution >= 4 is 35.4 Å². The van der Waals surface area contributed by atoms with E-state index in [-0.39, 0.29) is 0 Å². The summed E-state index contributed by atoms with van der Waals surface area (Å²) in [5.74, 6) is 0. The molecule has 0 heterocycles. The van der Waals surface area contributed by atoms with E-state index in [1.165, 1.54) is 27.0 Å². The Hall–Kier alpha value is -2.40. The molecule has 0 nitrogen and oxygen atoms in total. The van der Waals surface area contributed by atoms with Gasteiger partial charge in [0, 0.05) is 5.02 Å². The van der Waals surface area contributed by atoms with Crippen LogP contribution in [0.25, 0.3) is 11.1 Å². The maximum atomic E-state index is 6.43. The average molecular weight is 373 g/mol. The molecular weight excluding hydrogens is 355 g/mol. The van der Waals surface area contributed by atoms with Crippen LogP contribution in [0.3, 0.4) is 0 Å². The second-order valence-corrected chi connectivity index (χ2v) is 8.66. The van der Waals surface area contributed by atoms with E-state index < -0.39 is 7.92 Å². The summed E-state index contributed by atoms with van der Waals surface area (Å²) in [6.07, 6.45) is 0. The fourth-order valence-electron chi connectivity index (χ4n) is 3.13. The Bertz CT molecular complexity index is 943. The van der Waals surface area contributed by atoms with E-state index in [9.17, 15) is 0 Å². The Morgan fingerprint density at radius 2 is 1.04 bits per heavy atom. The van der Waals surface area contributed by atoms with Crippen molar-refractivity contribution in [2.75, 3.05) is 0 Å². The summed E-state index contributed by atoms with van der Waals surface area (Å²) >= 11 is 6.43. The molecule has 26 heavy (non-hydrogen) atoms. The Morgan fingerprint density at radius 1 is 0.538 bits per heavy atom. The first kappa shape index (κ1) is 17.0. The summed E-state index contributed by atoms with van der Waals surface area (Å²) < 4.78 is 0. The molecule has 2 heteroatoms. The van der Waals surface area contributed by atoms with E-state index in [4.69, 9.17) is 11.6 Å². The molecule has 0 N–H and O–H groups in total. The smallest absolute Gasteiger partial charge is 0.0413 e. The van der Waals surface area contributed by atoms with Crippen LogP contribution < -0.4 is 15.9 Å². The highest BCUT2D eigenvalue weighted by atomic mass is 35.5. The SMILES string of the molecule is Clc1ccc(-c2ccccc2)c(P(c2ccccc2)c2ccccc2)c1. The highest BCUT2D eigenvalue weighted by molar-refractivity contribution is 7.80. The third-order valence-electron chi connectivity index (χ3n) is 4.31. The lowest BCUT2D eigenvalue weighted by Gasteiger charge is -2.22. The standard InChI is InChI=1S/C24H18ClP/c25-20-16-17-23(19-10-4-1-5-11-19)24(18-20)26(21-12-6-2-7-13-21)22-14-8-3-9-15-22/h1-18H. The number of hydrogen-bond donors (Lipinski definition) is 0. The topological polar surface area (TPSA) is 0 Å². The van der Waals surface area contributed by atoms with Crippen molar-refractivity contribution in [1.29, 1.82) is 0 Å². The maximum Gasteiger partial charge on any atom is 0.0413 e. The lowest BCUT2D eigenvalue weighted by Crippen LogP contribution is -2.22. The third kappa shape index (κ3) is 3.58. The van der Waals surface area contributed by atoms with Crippen molar-refractivity contribution in [2.45, 2.75) is 0 Å². The summed E-state index contributed by atoms with van der Waals surface area (Å²) in [5.41, 5.74) is 2.47. The van der Waals surface area contributed by atoms with Crippen LogP contribution in [0.2, 0.25) is 5.02 Å². The van der Waals surface area contributed by atoms with E-state index >= 15 is 0 Å². The second kappa shape index (κ2) is 7.87. The fourth-order valence-corrected chi connectivity index (χ4v) is 5.89. The van der Waals surface area contributed by atoms with Gasteiger partial charge in [-0.2, -0.15) is 0 Å². The van der Waals surface area contributed by atoms with Gasteiger partial charge in [0.2, 0.25) is 0 Å². The molecule has 0 saturated carbocycles. The van der Waals surface area contributed by atoms with Crippen LogP contribution in [0.15, 0.2) is 109 Å². The van der Waals surface area contributed by atoms with Crippen LogP contribution in [0, 0.1) is 0 Å². The molecule has 0 aliphatic carbocycles. The van der Waals surface area contributed by atoms with E-state index in [2.05, 4.69) is 103 Å². The average Bonchev–Trinajstić information content (AvgIpc) is 2.71. The van der Waals surface area contributed by atoms with Gasteiger partial charge in [-0.3, -0.25) is 0 Å². The molecule has 0 bridgehead atoms. The van der Waals surface area contributed by atoms with E-state index in [0.717, 1.165) is 5.02 Å². The third-order valence-corrected chi connectivity index (χ3v) is 7.03. The van der Waals surface area contributed by atoms with E-state index in [1.54, 1.807) is 0 Å². The first-order chi connectivity index (χ1) is 12.8. The predicted molar refractivity (Wildman–Crippen MR) is 116 cm³/mol. The minimum Gasteiger partial charge on any atom is -0.0843 e. The minimum atomic E-state index is -0.691. The van der Waals surface area contributed by atoms with Crippen molar-refractivity contribution in [3.05, 3.63) is 114 Å². The van der Waals surface area contributed by atoms with Crippen LogP contribution in [0.5, 0.6) is 0 Å². The summed E-state index contributed by atoms with van der Waals surface area (Å²) in [4.78, 5) is 0. The van der Waals surface area contributed by atoms with Crippen molar-refractivity contribution < 1.29 is 0 Å². The van der Waals surface area contributed by atoms with Crippen molar-refractivity contribution in [3.8, 4) is 11.1 Å². The van der Waals surface area contributed by atoms with Crippen molar-refractivity contribution in [3.63, 3.8) is 0 Å². The van der Waals surface area contributed by atoms with Crippen LogP contribution in [-0.4, -0.2) is 0 Å². The molecule has 126 valence electrons. The largest absolute Gasteiger partial charge is 0.0843 e. The van der Waals surface area contributed by atoms with Crippen LogP contribution in [0.4, 0.5) is 0 Å². The van der Waals surface area contributed by atoms with Gasteiger partial charge >= 0.3 is 0 Å². The van der Waals surface area contributed by atoms with Crippen LogP contribution >= 0.6 is 19.5 Å². The Kier molecular flexibility index (Phi) is 5.16. The molecular formula is C24H18ClP. The number of hydrogen-bond acceptors (Lipinski definition) is 0. The Balaban J connectivity index is 1.96. The molecule has 0 spiro atoms. The lowest BCUT2D eigenvalue weighted by molar-refractivity contribution is 1.64. The molecule has 4 rings (SSSR count). The van der Waals surface area contributed by atoms with Gasteiger partial charge in [0.1, 0.15) is 0 Å². The summed E-state index contributed by atoms with van der Waals surface area (Å²) in [7, 11) is -0.691. The Labute approximate surface area is 160 Å². The molecule has 0 aromatic heterocycles. The van der Waals surface area contributed by atoms with Gasteiger partial charge in [0.25, 0.3) is 0 Å². The molecule has 0 unspecified atom stereocenters. The fraction of sp³-hybridized carbons (Fsp3) is 0. The van der Waals surface area contributed by atoms with E-state index in [1.807, 2.05) is 6.07 Å². The van der Waals surface area contributed by atoms with Gasteiger partial charge < -0.3 is 0 Å². The van der Waals surface area contributed by atoms with Gasteiger partial charge in [0.05, 0.1) is 0 Å². The number of rotatable bonds is 4. The molecule has 4 aromatic rings. The van der Waals surface area contributed by atoms with Crippen molar-refractivity contribution in [2.24, 2.45) is 0 Å². The molecule has 0 radical (unpaired) electrons. The zero-order valence-corrected chi connectivity index (χ0v) is 15.9. The monoisotopic (exact) mass is 372 g/mol. The molecule has 0 saturated heterocycles. The summed E-state index contributed by atoms with van der Waals surface area (Å²) in [5, 5.41) is 4.72. The van der Waals surface area contributed by atoms with Crippen LogP contribution in [-0.2, 0) is 0 Å². The quantitative estimate of drug-likeness (QED) is 0.399. The van der Waals surface area contributed by atoms with Gasteiger partial charge in [-0.15, -0.1) is 0 Å². The summed E-state index contributed by atoms with van der Waals surface area (Å²) in [6.45, 7) is 0. The lowest BCUT2D eigenvalue weighted by atomic mass is 10.1. The highest BCUT2D eigenvalue weighted by Gasteiger charge is 2.20. The number of halogens is 1. The van der Waals surface area contributed by atoms with Crippen LogP contribution in [0.1, 0.15) is 0 Å². The van der Waals surface area contributed by atoms with Gasteiger partial charge in [-0.1, -0.05) is 109 Å². The molecule has 0 amide bonds. The maximum absolute atomic E-state index is 6.43. The minimum absolute atomic E-state index is 0.691. The molecule has 4 aromatic carbocycles. The van der Waals surface area contributed by atoms with Gasteiger partial charge in [0.15, 0.2) is 0 Å². The normalized spacial score (nSPS) is 10.8. The first-order valence-corrected chi connectivity index (χ1v) is 10.3. The number of benzene rings is 4. The highest BCUT2D eigenvalue weighted by Crippen LogP contribution is 2.37. The van der Waals surface area contributed by atoms with E-state index in [0.29, 0.717) is 0 Å². The molecule has 0 aliphatic rings. The molecule has 0 aliphatic heterocycles. The zero-order chi connectivity index (χ0) is 17.8. The molecule has 0 fully saturated rings. The van der Waals surface area contributed by atoms with Gasteiger partial charge in [-0.05, 0) is 47.1 Å². The molecule has 0 atom stereocenters. The first-order valence-electron chi connectivity index (χ1n) is 8.58. The zero-order valence-electron chi connectivity index (χ0n) is 14.2. The van der Waals surface area contributed by atoms with Crippen molar-refractivity contribution in [1.82, 2.24) is 0 Å². The second-order valence-electron chi connectivity index (χ2n) is 6.03. The Morgan fingerprint density at radius 3 is 1.58 bits per heavy atom. The van der Waals surface area contributed by atoms with Gasteiger partial charge in [-0.25, -0.2) is 0 Å².